The minimum Gasteiger partial charge on any atom is -0.475 e. The highest BCUT2D eigenvalue weighted by atomic mass is 19.4. The van der Waals surface area contributed by atoms with E-state index in [9.17, 15) is 27.6 Å². The molecule has 186 valence electrons. The number of carboxylic acids is 1. The fourth-order valence-corrected chi connectivity index (χ4v) is 4.16. The summed E-state index contributed by atoms with van der Waals surface area (Å²) in [5, 5.41) is 10.4. The quantitative estimate of drug-likeness (QED) is 0.459. The van der Waals surface area contributed by atoms with E-state index in [0.717, 1.165) is 27.6 Å². The molecule has 4 N–H and O–H groups in total. The number of nitrogens with one attached hydrogen (secondary N) is 1. The topological polar surface area (TPSA) is 143 Å². The van der Waals surface area contributed by atoms with Crippen molar-refractivity contribution in [2.45, 2.75) is 31.6 Å². The molecule has 5 rings (SSSR count). The lowest BCUT2D eigenvalue weighted by Gasteiger charge is -2.29. The number of amides is 3. The molecule has 3 amide bonds. The maximum Gasteiger partial charge on any atom is 0.490 e. The molecule has 9 nitrogen and oxygen atoms in total. The summed E-state index contributed by atoms with van der Waals surface area (Å²) in [5.41, 5.74) is 9.98. The monoisotopic (exact) mass is 500 g/mol. The van der Waals surface area contributed by atoms with Gasteiger partial charge < -0.3 is 15.7 Å². The summed E-state index contributed by atoms with van der Waals surface area (Å²) >= 11 is 0. The molecule has 0 bridgehead atoms. The molecular weight excluding hydrogens is 481 g/mol. The second-order valence-electron chi connectivity index (χ2n) is 8.18. The minimum absolute atomic E-state index is 0.174. The molecule has 1 unspecified atom stereocenters. The molecule has 36 heavy (non-hydrogen) atoms. The number of nitrogen functional groups attached to an aromatic ring is 1. The number of hydrogen-bond acceptors (Lipinski definition) is 6. The lowest BCUT2D eigenvalue weighted by atomic mass is 9.96. The van der Waals surface area contributed by atoms with E-state index in [1.807, 2.05) is 36.4 Å². The number of nitrogens with zero attached hydrogens (tertiary/aromatic N) is 2. The van der Waals surface area contributed by atoms with E-state index in [4.69, 9.17) is 15.6 Å². The van der Waals surface area contributed by atoms with E-state index >= 15 is 0 Å². The zero-order valence-electron chi connectivity index (χ0n) is 18.5. The Balaban J connectivity index is 0.000000384. The van der Waals surface area contributed by atoms with Crippen molar-refractivity contribution >= 4 is 40.4 Å². The van der Waals surface area contributed by atoms with Crippen molar-refractivity contribution in [3.8, 4) is 11.1 Å². The van der Waals surface area contributed by atoms with Crippen LogP contribution >= 0.6 is 0 Å². The van der Waals surface area contributed by atoms with Crippen LogP contribution in [0, 0.1) is 0 Å². The first-order valence-electron chi connectivity index (χ1n) is 10.7. The van der Waals surface area contributed by atoms with E-state index < -0.39 is 24.1 Å². The summed E-state index contributed by atoms with van der Waals surface area (Å²) in [6, 6.07) is 14.6. The molecule has 0 saturated carbocycles. The standard InChI is InChI=1S/C22H18N4O3.C2HF3O2/c23-19-8-5-13-10-12(4-6-17(13)24-19)14-2-1-3-15-16(14)11-26(22(15)29)18-7-9-20(27)25-21(18)28;3-2(4,5)1(6)7/h1-6,8,10,18H,7,9,11H2,(H2,23,24)(H,25,27,28);(H,6,7). The molecule has 12 heteroatoms. The van der Waals surface area contributed by atoms with Crippen LogP contribution in [0.2, 0.25) is 0 Å². The van der Waals surface area contributed by atoms with Crippen LogP contribution in [0.3, 0.4) is 0 Å². The third kappa shape index (κ3) is 4.83. The van der Waals surface area contributed by atoms with Crippen LogP contribution in [-0.4, -0.2) is 50.9 Å². The number of piperidine rings is 1. The number of pyridine rings is 1. The number of carbonyl (C=O) groups excluding carboxylic acids is 3. The van der Waals surface area contributed by atoms with Gasteiger partial charge in [0.25, 0.3) is 5.91 Å². The molecule has 3 heterocycles. The molecule has 1 fully saturated rings. The van der Waals surface area contributed by atoms with Gasteiger partial charge in [0.05, 0.1) is 5.52 Å². The second-order valence-corrected chi connectivity index (χ2v) is 8.18. The van der Waals surface area contributed by atoms with Crippen molar-refractivity contribution in [2.24, 2.45) is 0 Å². The third-order valence-corrected chi connectivity index (χ3v) is 5.85. The van der Waals surface area contributed by atoms with E-state index in [1.54, 1.807) is 17.0 Å². The Bertz CT molecular complexity index is 1410. The van der Waals surface area contributed by atoms with Crippen LogP contribution in [0.25, 0.3) is 22.0 Å². The Labute approximate surface area is 201 Å². The Morgan fingerprint density at radius 1 is 1.08 bits per heavy atom. The summed E-state index contributed by atoms with van der Waals surface area (Å²) in [7, 11) is 0. The normalized spacial score (nSPS) is 17.4. The highest BCUT2D eigenvalue weighted by Crippen LogP contribution is 2.35. The molecular formula is C24H19F3N4O5. The summed E-state index contributed by atoms with van der Waals surface area (Å²) in [4.78, 5) is 51.5. The summed E-state index contributed by atoms with van der Waals surface area (Å²) in [6.45, 7) is 0.342. The van der Waals surface area contributed by atoms with Gasteiger partial charge >= 0.3 is 12.1 Å². The zero-order valence-corrected chi connectivity index (χ0v) is 18.5. The number of fused-ring (bicyclic) bond motifs is 2. The fraction of sp³-hybridized carbons (Fsp3) is 0.208. The van der Waals surface area contributed by atoms with Crippen LogP contribution in [0.1, 0.15) is 28.8 Å². The summed E-state index contributed by atoms with van der Waals surface area (Å²) < 4.78 is 31.7. The molecule has 0 aliphatic carbocycles. The lowest BCUT2D eigenvalue weighted by molar-refractivity contribution is -0.192. The predicted molar refractivity (Wildman–Crippen MR) is 121 cm³/mol. The summed E-state index contributed by atoms with van der Waals surface area (Å²) in [6.07, 6.45) is -4.49. The molecule has 1 atom stereocenters. The number of benzene rings is 2. The zero-order chi connectivity index (χ0) is 26.2. The average Bonchev–Trinajstić information content (AvgIpc) is 3.15. The van der Waals surface area contributed by atoms with E-state index in [1.165, 1.54) is 0 Å². The van der Waals surface area contributed by atoms with Crippen molar-refractivity contribution in [3.63, 3.8) is 0 Å². The van der Waals surface area contributed by atoms with Crippen molar-refractivity contribution in [2.75, 3.05) is 5.73 Å². The molecule has 2 aliphatic heterocycles. The smallest absolute Gasteiger partial charge is 0.475 e. The van der Waals surface area contributed by atoms with Gasteiger partial charge in [-0.3, -0.25) is 19.7 Å². The Kier molecular flexibility index (Phi) is 6.35. The van der Waals surface area contributed by atoms with Gasteiger partial charge in [-0.05, 0) is 53.4 Å². The molecule has 0 spiro atoms. The van der Waals surface area contributed by atoms with Gasteiger partial charge in [0.1, 0.15) is 11.9 Å². The number of hydrogen-bond donors (Lipinski definition) is 3. The average molecular weight is 500 g/mol. The number of nitrogens with two attached hydrogens (primary N) is 1. The maximum atomic E-state index is 13.0. The Hall–Kier alpha value is -4.48. The second kappa shape index (κ2) is 9.29. The molecule has 1 aromatic heterocycles. The fourth-order valence-electron chi connectivity index (χ4n) is 4.16. The van der Waals surface area contributed by atoms with Crippen molar-refractivity contribution in [1.82, 2.24) is 15.2 Å². The summed E-state index contributed by atoms with van der Waals surface area (Å²) in [5.74, 6) is -3.16. The number of halogens is 3. The van der Waals surface area contributed by atoms with Gasteiger partial charge in [-0.15, -0.1) is 0 Å². The van der Waals surface area contributed by atoms with Crippen molar-refractivity contribution in [1.29, 1.82) is 0 Å². The molecule has 0 radical (unpaired) electrons. The number of carbonyl (C=O) groups is 4. The molecule has 2 aromatic carbocycles. The Morgan fingerprint density at radius 3 is 2.44 bits per heavy atom. The van der Waals surface area contributed by atoms with Gasteiger partial charge in [0.2, 0.25) is 11.8 Å². The van der Waals surface area contributed by atoms with E-state index in [-0.39, 0.29) is 18.2 Å². The van der Waals surface area contributed by atoms with Gasteiger partial charge in [-0.1, -0.05) is 18.2 Å². The van der Waals surface area contributed by atoms with Gasteiger partial charge in [0.15, 0.2) is 0 Å². The number of aromatic nitrogens is 1. The number of aliphatic carboxylic acids is 1. The van der Waals surface area contributed by atoms with E-state index in [0.29, 0.717) is 24.3 Å². The van der Waals surface area contributed by atoms with E-state index in [2.05, 4.69) is 10.3 Å². The van der Waals surface area contributed by atoms with Gasteiger partial charge in [0, 0.05) is 23.9 Å². The number of anilines is 1. The minimum atomic E-state index is -5.08. The highest BCUT2D eigenvalue weighted by Gasteiger charge is 2.40. The number of alkyl halides is 3. The van der Waals surface area contributed by atoms with Crippen LogP contribution in [0.4, 0.5) is 19.0 Å². The number of rotatable bonds is 2. The lowest BCUT2D eigenvalue weighted by Crippen LogP contribution is -2.52. The van der Waals surface area contributed by atoms with Crippen molar-refractivity contribution < 1.29 is 37.5 Å². The first kappa shape index (κ1) is 24.6. The highest BCUT2D eigenvalue weighted by molar-refractivity contribution is 6.06. The SMILES string of the molecule is Nc1ccc2cc(-c3cccc4c3CN(C3CCC(=O)NC3=O)C4=O)ccc2n1.O=C(O)C(F)(F)F. The van der Waals surface area contributed by atoms with Crippen LogP contribution in [0.5, 0.6) is 0 Å². The largest absolute Gasteiger partial charge is 0.490 e. The molecule has 1 saturated heterocycles. The maximum absolute atomic E-state index is 13.0. The first-order valence-corrected chi connectivity index (χ1v) is 10.7. The third-order valence-electron chi connectivity index (χ3n) is 5.85. The number of carboxylic acid groups (broad SMARTS) is 1. The van der Waals surface area contributed by atoms with Crippen LogP contribution < -0.4 is 11.1 Å². The van der Waals surface area contributed by atoms with Gasteiger partial charge in [-0.25, -0.2) is 9.78 Å². The Morgan fingerprint density at radius 2 is 1.78 bits per heavy atom. The van der Waals surface area contributed by atoms with Crippen LogP contribution in [0.15, 0.2) is 48.5 Å². The molecule has 2 aliphatic rings. The van der Waals surface area contributed by atoms with Gasteiger partial charge in [-0.2, -0.15) is 13.2 Å². The molecule has 3 aromatic rings. The van der Waals surface area contributed by atoms with Crippen LogP contribution in [-0.2, 0) is 20.9 Å². The predicted octanol–water partition coefficient (Wildman–Crippen LogP) is 2.88. The number of imide groups is 1. The first-order chi connectivity index (χ1) is 17.0. The van der Waals surface area contributed by atoms with Crippen molar-refractivity contribution in [3.05, 3.63) is 59.7 Å².